The third-order valence-corrected chi connectivity index (χ3v) is 5.68. The average Bonchev–Trinajstić information content (AvgIpc) is 2.61. The quantitative estimate of drug-likeness (QED) is 0.588. The molecular weight excluding hydrogens is 334 g/mol. The van der Waals surface area contributed by atoms with E-state index in [1.807, 2.05) is 17.8 Å². The SMILES string of the molecule is CCCCC1=C(SCC)c2cc(Cl)ccc2NC1c1ccccc1. The molecule has 126 valence electrons. The Morgan fingerprint density at radius 2 is 1.88 bits per heavy atom. The molecule has 1 N–H and O–H groups in total. The molecule has 2 aromatic carbocycles. The highest BCUT2D eigenvalue weighted by atomic mass is 35.5. The Morgan fingerprint density at radius 3 is 2.58 bits per heavy atom. The standard InChI is InChI=1S/C21H24ClNS/c1-3-5-11-17-20(15-9-7-6-8-10-15)23-19-13-12-16(22)14-18(19)21(17)24-4-2/h6-10,12-14,20,23H,3-5,11H2,1-2H3. The fourth-order valence-electron chi connectivity index (χ4n) is 3.25. The number of benzene rings is 2. The topological polar surface area (TPSA) is 12.0 Å². The zero-order valence-corrected chi connectivity index (χ0v) is 15.9. The summed E-state index contributed by atoms with van der Waals surface area (Å²) >= 11 is 8.23. The molecule has 0 saturated heterocycles. The molecule has 24 heavy (non-hydrogen) atoms. The van der Waals surface area contributed by atoms with Gasteiger partial charge in [0.05, 0.1) is 6.04 Å². The number of nitrogens with one attached hydrogen (secondary N) is 1. The van der Waals surface area contributed by atoms with Gasteiger partial charge in [0.1, 0.15) is 0 Å². The summed E-state index contributed by atoms with van der Waals surface area (Å²) in [6.07, 6.45) is 3.54. The van der Waals surface area contributed by atoms with Gasteiger partial charge in [-0.2, -0.15) is 0 Å². The number of fused-ring (bicyclic) bond motifs is 1. The van der Waals surface area contributed by atoms with E-state index in [1.165, 1.54) is 40.1 Å². The van der Waals surface area contributed by atoms with E-state index < -0.39 is 0 Å². The molecule has 1 aliphatic heterocycles. The molecule has 0 bridgehead atoms. The monoisotopic (exact) mass is 357 g/mol. The van der Waals surface area contributed by atoms with Crippen molar-refractivity contribution < 1.29 is 0 Å². The van der Waals surface area contributed by atoms with Gasteiger partial charge < -0.3 is 5.32 Å². The summed E-state index contributed by atoms with van der Waals surface area (Å²) in [5.41, 5.74) is 5.28. The maximum Gasteiger partial charge on any atom is 0.0741 e. The van der Waals surface area contributed by atoms with Gasteiger partial charge in [-0.3, -0.25) is 0 Å². The van der Waals surface area contributed by atoms with Crippen molar-refractivity contribution in [2.24, 2.45) is 0 Å². The van der Waals surface area contributed by atoms with E-state index in [4.69, 9.17) is 11.6 Å². The minimum atomic E-state index is 0.250. The Kier molecular flexibility index (Phi) is 5.91. The first-order valence-corrected chi connectivity index (χ1v) is 10.1. The van der Waals surface area contributed by atoms with Crippen molar-refractivity contribution in [3.05, 3.63) is 70.3 Å². The van der Waals surface area contributed by atoms with Crippen molar-refractivity contribution in [2.75, 3.05) is 11.1 Å². The molecule has 0 aliphatic carbocycles. The maximum absolute atomic E-state index is 6.29. The van der Waals surface area contributed by atoms with Crippen molar-refractivity contribution >= 4 is 34.0 Å². The van der Waals surface area contributed by atoms with Crippen molar-refractivity contribution in [3.8, 4) is 0 Å². The van der Waals surface area contributed by atoms with E-state index in [0.29, 0.717) is 0 Å². The molecule has 3 heteroatoms. The summed E-state index contributed by atoms with van der Waals surface area (Å²) in [6, 6.07) is 17.2. The third kappa shape index (κ3) is 3.65. The lowest BCUT2D eigenvalue weighted by molar-refractivity contribution is 0.735. The first-order valence-electron chi connectivity index (χ1n) is 8.71. The minimum Gasteiger partial charge on any atom is -0.374 e. The Labute approximate surface area is 154 Å². The van der Waals surface area contributed by atoms with E-state index in [2.05, 4.69) is 61.6 Å². The normalized spacial score (nSPS) is 16.7. The largest absolute Gasteiger partial charge is 0.374 e. The minimum absolute atomic E-state index is 0.250. The van der Waals surface area contributed by atoms with Gasteiger partial charge in [-0.1, -0.05) is 62.2 Å². The molecule has 0 radical (unpaired) electrons. The van der Waals surface area contributed by atoms with Crippen molar-refractivity contribution in [1.29, 1.82) is 0 Å². The fourth-order valence-corrected chi connectivity index (χ4v) is 4.44. The predicted octanol–water partition coefficient (Wildman–Crippen LogP) is 7.16. The van der Waals surface area contributed by atoms with Gasteiger partial charge in [-0.15, -0.1) is 11.8 Å². The van der Waals surface area contributed by atoms with Crippen LogP contribution >= 0.6 is 23.4 Å². The molecule has 0 aromatic heterocycles. The van der Waals surface area contributed by atoms with Crippen LogP contribution in [0.1, 0.15) is 50.3 Å². The third-order valence-electron chi connectivity index (χ3n) is 4.39. The molecule has 0 amide bonds. The van der Waals surface area contributed by atoms with E-state index in [0.717, 1.165) is 17.2 Å². The Balaban J connectivity index is 2.13. The van der Waals surface area contributed by atoms with E-state index >= 15 is 0 Å². The van der Waals surface area contributed by atoms with Gasteiger partial charge in [0.25, 0.3) is 0 Å². The molecule has 1 nitrogen and oxygen atoms in total. The van der Waals surface area contributed by atoms with Crippen LogP contribution in [0.3, 0.4) is 0 Å². The highest BCUT2D eigenvalue weighted by Crippen LogP contribution is 2.47. The molecule has 1 unspecified atom stereocenters. The second-order valence-corrected chi connectivity index (χ2v) is 7.78. The Hall–Kier alpha value is -1.38. The van der Waals surface area contributed by atoms with Gasteiger partial charge in [-0.25, -0.2) is 0 Å². The lowest BCUT2D eigenvalue weighted by atomic mass is 9.89. The van der Waals surface area contributed by atoms with Crippen LogP contribution in [-0.4, -0.2) is 5.75 Å². The highest BCUT2D eigenvalue weighted by molar-refractivity contribution is 8.08. The number of halogens is 1. The first-order chi connectivity index (χ1) is 11.7. The maximum atomic E-state index is 6.29. The van der Waals surface area contributed by atoms with Crippen LogP contribution < -0.4 is 5.32 Å². The number of rotatable bonds is 6. The van der Waals surface area contributed by atoms with Crippen molar-refractivity contribution in [1.82, 2.24) is 0 Å². The van der Waals surface area contributed by atoms with Crippen LogP contribution in [-0.2, 0) is 0 Å². The summed E-state index contributed by atoms with van der Waals surface area (Å²) in [5, 5.41) is 4.56. The molecule has 0 saturated carbocycles. The van der Waals surface area contributed by atoms with Gasteiger partial charge in [-0.05, 0) is 47.9 Å². The number of anilines is 1. The smallest absolute Gasteiger partial charge is 0.0741 e. The molecule has 0 spiro atoms. The molecule has 1 heterocycles. The van der Waals surface area contributed by atoms with E-state index in [9.17, 15) is 0 Å². The van der Waals surface area contributed by atoms with Gasteiger partial charge in [0, 0.05) is 21.2 Å². The Bertz CT molecular complexity index is 724. The first kappa shape index (κ1) is 17.4. The van der Waals surface area contributed by atoms with Gasteiger partial charge in [0.15, 0.2) is 0 Å². The fraction of sp³-hybridized carbons (Fsp3) is 0.333. The van der Waals surface area contributed by atoms with Crippen LogP contribution in [0, 0.1) is 0 Å². The Morgan fingerprint density at radius 1 is 1.08 bits per heavy atom. The number of unbranched alkanes of at least 4 members (excludes halogenated alkanes) is 1. The molecular formula is C21H24ClNS. The van der Waals surface area contributed by atoms with E-state index in [-0.39, 0.29) is 6.04 Å². The van der Waals surface area contributed by atoms with E-state index in [1.54, 1.807) is 0 Å². The predicted molar refractivity (Wildman–Crippen MR) is 109 cm³/mol. The lowest BCUT2D eigenvalue weighted by Gasteiger charge is -2.33. The summed E-state index contributed by atoms with van der Waals surface area (Å²) < 4.78 is 0. The van der Waals surface area contributed by atoms with Crippen LogP contribution in [0.15, 0.2) is 54.1 Å². The van der Waals surface area contributed by atoms with Gasteiger partial charge in [0.2, 0.25) is 0 Å². The summed E-state index contributed by atoms with van der Waals surface area (Å²) in [5.74, 6) is 1.07. The average molecular weight is 358 g/mol. The number of thioether (sulfide) groups is 1. The molecule has 1 aliphatic rings. The second-order valence-electron chi connectivity index (χ2n) is 6.07. The van der Waals surface area contributed by atoms with Crippen LogP contribution in [0.5, 0.6) is 0 Å². The molecule has 2 aromatic rings. The summed E-state index contributed by atoms with van der Waals surface area (Å²) in [4.78, 5) is 1.41. The zero-order chi connectivity index (χ0) is 16.9. The molecule has 0 fully saturated rings. The van der Waals surface area contributed by atoms with Gasteiger partial charge >= 0.3 is 0 Å². The second kappa shape index (κ2) is 8.13. The molecule has 1 atom stereocenters. The number of hydrogen-bond donors (Lipinski definition) is 1. The van der Waals surface area contributed by atoms with Crippen molar-refractivity contribution in [2.45, 2.75) is 39.2 Å². The van der Waals surface area contributed by atoms with Crippen LogP contribution in [0.2, 0.25) is 5.02 Å². The van der Waals surface area contributed by atoms with Crippen molar-refractivity contribution in [3.63, 3.8) is 0 Å². The van der Waals surface area contributed by atoms with Crippen LogP contribution in [0.4, 0.5) is 5.69 Å². The summed E-state index contributed by atoms with van der Waals surface area (Å²) in [6.45, 7) is 4.48. The van der Waals surface area contributed by atoms with Crippen LogP contribution in [0.25, 0.3) is 4.91 Å². The number of hydrogen-bond acceptors (Lipinski definition) is 2. The zero-order valence-electron chi connectivity index (χ0n) is 14.3. The highest BCUT2D eigenvalue weighted by Gasteiger charge is 2.27. The molecule has 3 rings (SSSR count). The lowest BCUT2D eigenvalue weighted by Crippen LogP contribution is -2.19. The summed E-state index contributed by atoms with van der Waals surface area (Å²) in [7, 11) is 0.